The molecule has 2 heterocycles. The van der Waals surface area contributed by atoms with Crippen LogP contribution in [0.2, 0.25) is 0 Å². The molecule has 2 aromatic heterocycles. The van der Waals surface area contributed by atoms with E-state index in [-0.39, 0.29) is 5.41 Å². The second kappa shape index (κ2) is 3.33. The van der Waals surface area contributed by atoms with E-state index >= 15 is 0 Å². The number of aromatic nitrogens is 3. The Bertz CT molecular complexity index is 477. The molecule has 0 atom stereocenters. The first-order valence-corrected chi connectivity index (χ1v) is 5.35. The zero-order valence-electron chi connectivity index (χ0n) is 9.78. The molecule has 2 rings (SSSR count). The largest absolute Gasteiger partial charge is 0.248 e. The summed E-state index contributed by atoms with van der Waals surface area (Å²) in [5.41, 5.74) is 2.20. The molecular formula is C12H17N3. The lowest BCUT2D eigenvalue weighted by molar-refractivity contribution is 0.568. The Balaban J connectivity index is 2.63. The van der Waals surface area contributed by atoms with Crippen LogP contribution in [-0.4, -0.2) is 14.8 Å². The lowest BCUT2D eigenvalue weighted by atomic mass is 9.91. The van der Waals surface area contributed by atoms with Crippen molar-refractivity contribution >= 4 is 11.0 Å². The van der Waals surface area contributed by atoms with Crippen LogP contribution in [-0.2, 0) is 12.0 Å². The van der Waals surface area contributed by atoms with E-state index in [0.29, 0.717) is 0 Å². The molecular weight excluding hydrogens is 186 g/mol. The molecule has 0 unspecified atom stereocenters. The normalized spacial score (nSPS) is 12.3. The van der Waals surface area contributed by atoms with Crippen molar-refractivity contribution in [3.8, 4) is 0 Å². The molecule has 0 aliphatic rings. The van der Waals surface area contributed by atoms with Crippen LogP contribution in [0.1, 0.15) is 33.4 Å². The van der Waals surface area contributed by atoms with Gasteiger partial charge in [0.1, 0.15) is 0 Å². The molecule has 0 aliphatic carbocycles. The van der Waals surface area contributed by atoms with Gasteiger partial charge in [-0.15, -0.1) is 0 Å². The summed E-state index contributed by atoms with van der Waals surface area (Å²) >= 11 is 0. The van der Waals surface area contributed by atoms with Gasteiger partial charge in [0.15, 0.2) is 5.65 Å². The van der Waals surface area contributed by atoms with Crippen molar-refractivity contribution in [1.29, 1.82) is 0 Å². The van der Waals surface area contributed by atoms with Crippen LogP contribution >= 0.6 is 0 Å². The van der Waals surface area contributed by atoms with E-state index in [1.54, 1.807) is 0 Å². The predicted octanol–water partition coefficient (Wildman–Crippen LogP) is 2.75. The molecule has 0 amide bonds. The summed E-state index contributed by atoms with van der Waals surface area (Å²) in [6, 6.07) is 4.19. The van der Waals surface area contributed by atoms with Crippen LogP contribution in [0.25, 0.3) is 11.0 Å². The van der Waals surface area contributed by atoms with E-state index in [2.05, 4.69) is 49.9 Å². The molecule has 0 radical (unpaired) electrons. The third-order valence-corrected chi connectivity index (χ3v) is 2.55. The fourth-order valence-electron chi connectivity index (χ4n) is 1.60. The third-order valence-electron chi connectivity index (χ3n) is 2.55. The van der Waals surface area contributed by atoms with Crippen LogP contribution in [0.3, 0.4) is 0 Å². The van der Waals surface area contributed by atoms with Gasteiger partial charge < -0.3 is 0 Å². The van der Waals surface area contributed by atoms with Crippen LogP contribution in [0.4, 0.5) is 0 Å². The second-order valence-corrected chi connectivity index (χ2v) is 4.82. The van der Waals surface area contributed by atoms with Crippen LogP contribution in [0.15, 0.2) is 18.3 Å². The van der Waals surface area contributed by atoms with Gasteiger partial charge in [-0.25, -0.2) is 9.67 Å². The van der Waals surface area contributed by atoms with Gasteiger partial charge in [-0.3, -0.25) is 0 Å². The Morgan fingerprint density at radius 3 is 2.60 bits per heavy atom. The van der Waals surface area contributed by atoms with Crippen molar-refractivity contribution in [2.75, 3.05) is 0 Å². The zero-order chi connectivity index (χ0) is 11.1. The minimum Gasteiger partial charge on any atom is -0.248 e. The predicted molar refractivity (Wildman–Crippen MR) is 61.9 cm³/mol. The van der Waals surface area contributed by atoms with Crippen molar-refractivity contribution in [3.05, 3.63) is 24.0 Å². The topological polar surface area (TPSA) is 30.7 Å². The van der Waals surface area contributed by atoms with Gasteiger partial charge in [-0.1, -0.05) is 20.8 Å². The van der Waals surface area contributed by atoms with Crippen molar-refractivity contribution in [2.24, 2.45) is 0 Å². The Labute approximate surface area is 90.1 Å². The monoisotopic (exact) mass is 203 g/mol. The zero-order valence-corrected chi connectivity index (χ0v) is 9.78. The standard InChI is InChI=1S/C12H17N3/c1-5-15-11-9(8-13-15)6-7-10(14-11)12(2,3)4/h6-8H,5H2,1-4H3. The molecule has 0 fully saturated rings. The SMILES string of the molecule is CCn1ncc2ccc(C(C)(C)C)nc21. The van der Waals surface area contributed by atoms with E-state index < -0.39 is 0 Å². The van der Waals surface area contributed by atoms with Gasteiger partial charge in [0, 0.05) is 23.0 Å². The van der Waals surface area contributed by atoms with Gasteiger partial charge in [0.2, 0.25) is 0 Å². The Kier molecular flexibility index (Phi) is 2.25. The van der Waals surface area contributed by atoms with Gasteiger partial charge >= 0.3 is 0 Å². The molecule has 0 saturated carbocycles. The lowest BCUT2D eigenvalue weighted by Crippen LogP contribution is -2.13. The van der Waals surface area contributed by atoms with Crippen LogP contribution in [0.5, 0.6) is 0 Å². The Morgan fingerprint density at radius 1 is 1.27 bits per heavy atom. The Morgan fingerprint density at radius 2 is 2.00 bits per heavy atom. The molecule has 0 N–H and O–H groups in total. The number of hydrogen-bond donors (Lipinski definition) is 0. The van der Waals surface area contributed by atoms with Crippen LogP contribution < -0.4 is 0 Å². The maximum atomic E-state index is 4.68. The quantitative estimate of drug-likeness (QED) is 0.713. The summed E-state index contributed by atoms with van der Waals surface area (Å²) in [7, 11) is 0. The molecule has 80 valence electrons. The first kappa shape index (κ1) is 10.1. The van der Waals surface area contributed by atoms with Crippen molar-refractivity contribution in [2.45, 2.75) is 39.7 Å². The number of pyridine rings is 1. The molecule has 0 spiro atoms. The average Bonchev–Trinajstić information content (AvgIpc) is 2.57. The summed E-state index contributed by atoms with van der Waals surface area (Å²) in [6.07, 6.45) is 1.87. The van der Waals surface area contributed by atoms with Crippen LogP contribution in [0, 0.1) is 0 Å². The van der Waals surface area contributed by atoms with E-state index in [1.807, 2.05) is 10.9 Å². The summed E-state index contributed by atoms with van der Waals surface area (Å²) < 4.78 is 1.94. The van der Waals surface area contributed by atoms with Gasteiger partial charge in [0.25, 0.3) is 0 Å². The highest BCUT2D eigenvalue weighted by Crippen LogP contribution is 2.22. The van der Waals surface area contributed by atoms with E-state index in [1.165, 1.54) is 0 Å². The number of aryl methyl sites for hydroxylation is 1. The lowest BCUT2D eigenvalue weighted by Gasteiger charge is -2.17. The highest BCUT2D eigenvalue weighted by atomic mass is 15.3. The molecule has 3 nitrogen and oxygen atoms in total. The highest BCUT2D eigenvalue weighted by Gasteiger charge is 2.16. The number of rotatable bonds is 1. The van der Waals surface area contributed by atoms with Crippen molar-refractivity contribution in [3.63, 3.8) is 0 Å². The minimum absolute atomic E-state index is 0.0943. The first-order chi connectivity index (χ1) is 7.02. The number of fused-ring (bicyclic) bond motifs is 1. The molecule has 0 aromatic carbocycles. The van der Waals surface area contributed by atoms with Crippen molar-refractivity contribution in [1.82, 2.24) is 14.8 Å². The third kappa shape index (κ3) is 1.74. The summed E-state index contributed by atoms with van der Waals surface area (Å²) in [5, 5.41) is 5.41. The summed E-state index contributed by atoms with van der Waals surface area (Å²) in [5.74, 6) is 0. The summed E-state index contributed by atoms with van der Waals surface area (Å²) in [4.78, 5) is 4.68. The summed E-state index contributed by atoms with van der Waals surface area (Å²) in [6.45, 7) is 9.47. The first-order valence-electron chi connectivity index (χ1n) is 5.35. The molecule has 0 saturated heterocycles. The van der Waals surface area contributed by atoms with E-state index in [4.69, 9.17) is 0 Å². The maximum Gasteiger partial charge on any atom is 0.157 e. The number of nitrogens with zero attached hydrogens (tertiary/aromatic N) is 3. The van der Waals surface area contributed by atoms with E-state index in [9.17, 15) is 0 Å². The molecule has 0 aliphatic heterocycles. The van der Waals surface area contributed by atoms with Gasteiger partial charge in [-0.05, 0) is 19.1 Å². The number of hydrogen-bond acceptors (Lipinski definition) is 2. The van der Waals surface area contributed by atoms with Gasteiger partial charge in [0.05, 0.1) is 6.20 Å². The molecule has 2 aromatic rings. The fourth-order valence-corrected chi connectivity index (χ4v) is 1.60. The average molecular weight is 203 g/mol. The Hall–Kier alpha value is -1.38. The maximum absolute atomic E-state index is 4.68. The smallest absolute Gasteiger partial charge is 0.157 e. The molecule has 0 bridgehead atoms. The van der Waals surface area contributed by atoms with Crippen molar-refractivity contribution < 1.29 is 0 Å². The minimum atomic E-state index is 0.0943. The fraction of sp³-hybridized carbons (Fsp3) is 0.500. The second-order valence-electron chi connectivity index (χ2n) is 4.82. The molecule has 15 heavy (non-hydrogen) atoms. The molecule has 3 heteroatoms. The van der Waals surface area contributed by atoms with Gasteiger partial charge in [-0.2, -0.15) is 5.10 Å². The van der Waals surface area contributed by atoms with E-state index in [0.717, 1.165) is 23.3 Å². The highest BCUT2D eigenvalue weighted by molar-refractivity contribution is 5.74.